The Morgan fingerprint density at radius 3 is 1.76 bits per heavy atom. The zero-order chi connectivity index (χ0) is 51.5. The van der Waals surface area contributed by atoms with E-state index in [-0.39, 0.29) is 63.5 Å². The van der Waals surface area contributed by atoms with E-state index in [1.165, 1.54) is 0 Å². The van der Waals surface area contributed by atoms with Crippen molar-refractivity contribution in [1.82, 2.24) is 20.9 Å². The Hall–Kier alpha value is -6.31. The molecule has 0 aromatic heterocycles. The number of nitrogens with zero attached hydrogens (tertiary/aromatic N) is 1. The van der Waals surface area contributed by atoms with E-state index < -0.39 is 49.3 Å². The molecule has 5 aromatic rings. The van der Waals surface area contributed by atoms with Crippen LogP contribution in [-0.2, 0) is 63.3 Å². The van der Waals surface area contributed by atoms with Crippen LogP contribution in [0.3, 0.4) is 0 Å². The maximum atomic E-state index is 14.8. The Bertz CT molecular complexity index is 2480. The summed E-state index contributed by atoms with van der Waals surface area (Å²) in [7, 11) is -4.18. The number of phosphoric acid groups is 1. The van der Waals surface area contributed by atoms with Crippen LogP contribution in [0, 0.1) is 25.2 Å². The summed E-state index contributed by atoms with van der Waals surface area (Å²) < 4.78 is 44.6. The summed E-state index contributed by atoms with van der Waals surface area (Å²) >= 11 is 0. The van der Waals surface area contributed by atoms with Crippen LogP contribution in [0.25, 0.3) is 0 Å². The number of hydrogen-bond acceptors (Lipinski definition) is 10. The van der Waals surface area contributed by atoms with Crippen LogP contribution in [0.5, 0.6) is 5.75 Å². The minimum atomic E-state index is -4.18. The van der Waals surface area contributed by atoms with Crippen LogP contribution < -0.4 is 20.7 Å². The fraction of sp³-hybridized carbons (Fsp3) is 0.404. The van der Waals surface area contributed by atoms with Gasteiger partial charge in [-0.1, -0.05) is 153 Å². The first-order valence-electron chi connectivity index (χ1n) is 24.8. The molecule has 72 heavy (non-hydrogen) atoms. The first-order valence-corrected chi connectivity index (χ1v) is 26.3. The Labute approximate surface area is 425 Å². The van der Waals surface area contributed by atoms with E-state index in [4.69, 9.17) is 23.0 Å². The third-order valence-electron chi connectivity index (χ3n) is 12.6. The van der Waals surface area contributed by atoms with Crippen molar-refractivity contribution in [3.63, 3.8) is 0 Å². The minimum Gasteiger partial charge on any atom is -0.483 e. The summed E-state index contributed by atoms with van der Waals surface area (Å²) in [6.45, 7) is 11.4. The monoisotopic (exact) mass is 1000 g/mol. The molecule has 1 aliphatic heterocycles. The fourth-order valence-corrected chi connectivity index (χ4v) is 9.76. The number of ether oxygens (including phenoxy) is 2. The maximum absolute atomic E-state index is 14.8. The molecule has 0 unspecified atom stereocenters. The number of rotatable bonds is 27. The molecule has 4 amide bonds. The van der Waals surface area contributed by atoms with Crippen LogP contribution in [-0.4, -0.2) is 79.2 Å². The number of nitrogens with one attached hydrogen (secondary N) is 3. The predicted octanol–water partition coefficient (Wildman–Crippen LogP) is 9.85. The standard InChI is InChI=1S/C57H71N4O10P/c1-41(2)52(61-33-20-32-58-56(61)65)54(63)59-48(35-44-23-11-7-12-24-44)37-50(49(36-45-25-13-8-14-26-45)60-51(62)40-67-53-42(3)21-19-22-43(53)4)71-55(64)57(5,6)31-34-68-72(66,69-38-46-27-15-9-16-28-46)70-39-47-29-17-10-18-30-47/h7-19,21-30,41,48-50,52H,20,31-40H2,1-6H3,(H,58,65)(H,59,63)(H,60,62)/t48-,49+,50+,52+/m1/s1. The van der Waals surface area contributed by atoms with Crippen LogP contribution in [0.15, 0.2) is 140 Å². The summed E-state index contributed by atoms with van der Waals surface area (Å²) in [5.74, 6) is -1.02. The average Bonchev–Trinajstić information content (AvgIpc) is 3.36. The molecule has 1 fully saturated rings. The van der Waals surface area contributed by atoms with Gasteiger partial charge < -0.3 is 30.3 Å². The molecule has 14 nitrogen and oxygen atoms in total. The lowest BCUT2D eigenvalue weighted by Gasteiger charge is -2.38. The Kier molecular flexibility index (Phi) is 20.6. The van der Waals surface area contributed by atoms with Crippen molar-refractivity contribution in [2.75, 3.05) is 26.3 Å². The lowest BCUT2D eigenvalue weighted by molar-refractivity contribution is -0.163. The quantitative estimate of drug-likeness (QED) is 0.0340. The molecule has 4 atom stereocenters. The molecule has 3 N–H and O–H groups in total. The van der Waals surface area contributed by atoms with Crippen molar-refractivity contribution >= 4 is 31.6 Å². The number of para-hydroxylation sites is 1. The molecular weight excluding hydrogens is 932 g/mol. The molecule has 0 aliphatic carbocycles. The van der Waals surface area contributed by atoms with Crippen LogP contribution in [0.2, 0.25) is 0 Å². The second kappa shape index (κ2) is 26.9. The van der Waals surface area contributed by atoms with Gasteiger partial charge in [0.05, 0.1) is 31.3 Å². The van der Waals surface area contributed by atoms with E-state index in [9.17, 15) is 23.7 Å². The third kappa shape index (κ3) is 16.9. The van der Waals surface area contributed by atoms with E-state index in [1.807, 2.05) is 167 Å². The van der Waals surface area contributed by atoms with E-state index in [1.54, 1.807) is 18.7 Å². The molecule has 1 heterocycles. The van der Waals surface area contributed by atoms with Gasteiger partial charge in [-0.15, -0.1) is 0 Å². The molecule has 384 valence electrons. The number of carbonyl (C=O) groups is 4. The zero-order valence-corrected chi connectivity index (χ0v) is 43.3. The molecule has 15 heteroatoms. The molecule has 6 rings (SSSR count). The molecule has 1 saturated heterocycles. The minimum absolute atomic E-state index is 0.0338. The fourth-order valence-electron chi connectivity index (χ4n) is 8.61. The van der Waals surface area contributed by atoms with Gasteiger partial charge in [-0.2, -0.15) is 0 Å². The zero-order valence-electron chi connectivity index (χ0n) is 42.4. The molecule has 5 aromatic carbocycles. The number of hydrogen-bond donors (Lipinski definition) is 3. The van der Waals surface area contributed by atoms with Crippen LogP contribution >= 0.6 is 7.82 Å². The third-order valence-corrected chi connectivity index (χ3v) is 14.0. The second-order valence-electron chi connectivity index (χ2n) is 19.3. The molecule has 0 bridgehead atoms. The lowest BCUT2D eigenvalue weighted by Crippen LogP contribution is -2.59. The lowest BCUT2D eigenvalue weighted by atomic mass is 9.89. The van der Waals surface area contributed by atoms with Gasteiger partial charge in [0.1, 0.15) is 17.9 Å². The van der Waals surface area contributed by atoms with Crippen molar-refractivity contribution in [2.45, 2.75) is 111 Å². The first kappa shape index (κ1) is 55.0. The molecular formula is C57H71N4O10P. The maximum Gasteiger partial charge on any atom is 0.475 e. The highest BCUT2D eigenvalue weighted by atomic mass is 31.2. The SMILES string of the molecule is Cc1cccc(C)c1OCC(=O)N[C@@H](Cc1ccccc1)[C@H](C[C@@H](Cc1ccccc1)NC(=O)[C@H](C(C)C)N1CCCNC1=O)OC(=O)C(C)(C)CCOP(=O)(OCc1ccccc1)OCc1ccccc1. The number of phosphoric ester groups is 1. The van der Waals surface area contributed by atoms with Gasteiger partial charge in [0.15, 0.2) is 6.61 Å². The van der Waals surface area contributed by atoms with Crippen LogP contribution in [0.1, 0.15) is 80.3 Å². The predicted molar refractivity (Wildman–Crippen MR) is 278 cm³/mol. The van der Waals surface area contributed by atoms with Gasteiger partial charge in [-0.3, -0.25) is 28.0 Å². The number of esters is 1. The number of carbonyl (C=O) groups excluding carboxylic acids is 4. The number of benzene rings is 5. The van der Waals surface area contributed by atoms with Gasteiger partial charge in [0.25, 0.3) is 5.91 Å². The van der Waals surface area contributed by atoms with Crippen molar-refractivity contribution in [3.8, 4) is 5.75 Å². The summed E-state index contributed by atoms with van der Waals surface area (Å²) in [6.07, 6.45) is 0.387. The molecule has 1 aliphatic rings. The van der Waals surface area contributed by atoms with E-state index in [2.05, 4.69) is 16.0 Å². The van der Waals surface area contributed by atoms with Crippen molar-refractivity contribution in [3.05, 3.63) is 173 Å². The second-order valence-corrected chi connectivity index (χ2v) is 21.0. The smallest absolute Gasteiger partial charge is 0.475 e. The van der Waals surface area contributed by atoms with E-state index in [0.717, 1.165) is 33.4 Å². The highest BCUT2D eigenvalue weighted by Gasteiger charge is 2.39. The van der Waals surface area contributed by atoms with Crippen LogP contribution in [0.4, 0.5) is 4.79 Å². The van der Waals surface area contributed by atoms with Crippen molar-refractivity contribution in [1.29, 1.82) is 0 Å². The summed E-state index contributed by atoms with van der Waals surface area (Å²) in [4.78, 5) is 58.2. The van der Waals surface area contributed by atoms with Gasteiger partial charge >= 0.3 is 19.8 Å². The summed E-state index contributed by atoms with van der Waals surface area (Å²) in [5.41, 5.74) is 3.85. The Balaban J connectivity index is 1.29. The Morgan fingerprint density at radius 2 is 1.24 bits per heavy atom. The number of urea groups is 1. The van der Waals surface area contributed by atoms with E-state index >= 15 is 0 Å². The van der Waals surface area contributed by atoms with Gasteiger partial charge in [0.2, 0.25) is 5.91 Å². The van der Waals surface area contributed by atoms with Crippen molar-refractivity contribution < 1.29 is 46.8 Å². The number of amides is 4. The highest BCUT2D eigenvalue weighted by molar-refractivity contribution is 7.48. The molecule has 0 saturated carbocycles. The normalized spacial score (nSPS) is 14.7. The number of aryl methyl sites for hydroxylation is 2. The summed E-state index contributed by atoms with van der Waals surface area (Å²) in [5, 5.41) is 9.31. The largest absolute Gasteiger partial charge is 0.483 e. The van der Waals surface area contributed by atoms with Gasteiger partial charge in [-0.25, -0.2) is 9.36 Å². The summed E-state index contributed by atoms with van der Waals surface area (Å²) in [6, 6.07) is 40.9. The van der Waals surface area contributed by atoms with Crippen molar-refractivity contribution in [2.24, 2.45) is 11.3 Å². The highest BCUT2D eigenvalue weighted by Crippen LogP contribution is 2.51. The first-order chi connectivity index (χ1) is 34.6. The topological polar surface area (TPSA) is 171 Å². The average molecular weight is 1000 g/mol. The molecule has 0 spiro atoms. The van der Waals surface area contributed by atoms with Gasteiger partial charge in [0, 0.05) is 25.6 Å². The molecule has 0 radical (unpaired) electrons. The Morgan fingerprint density at radius 1 is 0.708 bits per heavy atom. The van der Waals surface area contributed by atoms with Gasteiger partial charge in [-0.05, 0) is 92.7 Å². The van der Waals surface area contributed by atoms with E-state index in [0.29, 0.717) is 31.7 Å².